The molecule has 1 aromatic heterocycles. The standard InChI is InChI=1S/C18H14FNO4/c1-23-15-7-6-11(9-13(15)19)8-12(10-17(21)22)18-20-14-4-2-3-5-16(14)24-18/h2-9H,10H2,1H3,(H,21,22)/p-1/b12-8+. The van der Waals surface area contributed by atoms with E-state index in [1.165, 1.54) is 25.3 Å². The van der Waals surface area contributed by atoms with E-state index in [9.17, 15) is 14.3 Å². The summed E-state index contributed by atoms with van der Waals surface area (Å²) in [5.74, 6) is -1.55. The SMILES string of the molecule is COc1ccc(/C=C(\CC(=O)[O-])c2nc3ccccc3o2)cc1F. The predicted octanol–water partition coefficient (Wildman–Crippen LogP) is 2.66. The molecule has 0 amide bonds. The number of ether oxygens (including phenoxy) is 1. The van der Waals surface area contributed by atoms with Crippen molar-refractivity contribution in [2.24, 2.45) is 0 Å². The molecule has 0 aliphatic rings. The Morgan fingerprint density at radius 2 is 2.12 bits per heavy atom. The van der Waals surface area contributed by atoms with Crippen molar-refractivity contribution >= 4 is 28.7 Å². The molecule has 0 radical (unpaired) electrons. The molecular weight excluding hydrogens is 313 g/mol. The molecule has 122 valence electrons. The maximum absolute atomic E-state index is 13.8. The van der Waals surface area contributed by atoms with Crippen molar-refractivity contribution in [3.05, 3.63) is 59.7 Å². The van der Waals surface area contributed by atoms with E-state index in [2.05, 4.69) is 4.98 Å². The molecule has 0 N–H and O–H groups in total. The van der Waals surface area contributed by atoms with Crippen LogP contribution in [-0.2, 0) is 4.79 Å². The predicted molar refractivity (Wildman–Crippen MR) is 84.5 cm³/mol. The van der Waals surface area contributed by atoms with Gasteiger partial charge in [-0.15, -0.1) is 0 Å². The first-order valence-electron chi connectivity index (χ1n) is 7.16. The van der Waals surface area contributed by atoms with Crippen LogP contribution < -0.4 is 9.84 Å². The molecular formula is C18H13FNO4-. The van der Waals surface area contributed by atoms with Crippen molar-refractivity contribution in [2.75, 3.05) is 7.11 Å². The van der Waals surface area contributed by atoms with Crippen molar-refractivity contribution < 1.29 is 23.4 Å². The average Bonchev–Trinajstić information content (AvgIpc) is 2.98. The number of carbonyl (C=O) groups is 1. The van der Waals surface area contributed by atoms with Crippen LogP contribution in [0.4, 0.5) is 4.39 Å². The first-order chi connectivity index (χ1) is 11.6. The highest BCUT2D eigenvalue weighted by molar-refractivity contribution is 5.90. The molecule has 0 bridgehead atoms. The summed E-state index contributed by atoms with van der Waals surface area (Å²) >= 11 is 0. The number of methoxy groups -OCH3 is 1. The van der Waals surface area contributed by atoms with Crippen LogP contribution in [0.1, 0.15) is 17.9 Å². The number of carbonyl (C=O) groups excluding carboxylic acids is 1. The van der Waals surface area contributed by atoms with Gasteiger partial charge in [0.05, 0.1) is 7.11 Å². The molecule has 0 aliphatic carbocycles. The number of nitrogens with zero attached hydrogens (tertiary/aromatic N) is 1. The molecule has 24 heavy (non-hydrogen) atoms. The van der Waals surface area contributed by atoms with E-state index in [-0.39, 0.29) is 17.2 Å². The largest absolute Gasteiger partial charge is 0.550 e. The van der Waals surface area contributed by atoms with Gasteiger partial charge in [0.25, 0.3) is 0 Å². The number of halogens is 1. The molecule has 0 saturated carbocycles. The second-order valence-corrected chi connectivity index (χ2v) is 5.10. The second-order valence-electron chi connectivity index (χ2n) is 5.10. The molecule has 1 heterocycles. The lowest BCUT2D eigenvalue weighted by Crippen LogP contribution is -2.22. The Hall–Kier alpha value is -3.15. The molecule has 0 unspecified atom stereocenters. The lowest BCUT2D eigenvalue weighted by atomic mass is 10.1. The van der Waals surface area contributed by atoms with Crippen LogP contribution in [0.15, 0.2) is 46.9 Å². The molecule has 0 spiro atoms. The quantitative estimate of drug-likeness (QED) is 0.720. The summed E-state index contributed by atoms with van der Waals surface area (Å²) in [5, 5.41) is 11.0. The highest BCUT2D eigenvalue weighted by Gasteiger charge is 2.12. The van der Waals surface area contributed by atoms with E-state index in [0.29, 0.717) is 16.7 Å². The van der Waals surface area contributed by atoms with E-state index in [1.807, 2.05) is 0 Å². The molecule has 0 fully saturated rings. The Kier molecular flexibility index (Phi) is 4.29. The number of aromatic nitrogens is 1. The average molecular weight is 326 g/mol. The number of rotatable bonds is 5. The van der Waals surface area contributed by atoms with Crippen LogP contribution in [0.5, 0.6) is 5.75 Å². The first-order valence-corrected chi connectivity index (χ1v) is 7.16. The number of fused-ring (bicyclic) bond motifs is 1. The minimum atomic E-state index is -1.28. The highest BCUT2D eigenvalue weighted by Crippen LogP contribution is 2.26. The van der Waals surface area contributed by atoms with E-state index in [4.69, 9.17) is 9.15 Å². The van der Waals surface area contributed by atoms with Gasteiger partial charge in [0, 0.05) is 18.0 Å². The number of para-hydroxylation sites is 2. The van der Waals surface area contributed by atoms with Gasteiger partial charge in [-0.3, -0.25) is 0 Å². The van der Waals surface area contributed by atoms with Gasteiger partial charge in [-0.2, -0.15) is 0 Å². The second kappa shape index (κ2) is 6.54. The Morgan fingerprint density at radius 1 is 1.33 bits per heavy atom. The molecule has 5 nitrogen and oxygen atoms in total. The maximum atomic E-state index is 13.8. The first kappa shape index (κ1) is 15.7. The van der Waals surface area contributed by atoms with Crippen molar-refractivity contribution in [3.63, 3.8) is 0 Å². The van der Waals surface area contributed by atoms with Gasteiger partial charge in [-0.05, 0) is 35.9 Å². The van der Waals surface area contributed by atoms with Gasteiger partial charge < -0.3 is 19.1 Å². The Balaban J connectivity index is 2.05. The van der Waals surface area contributed by atoms with Crippen LogP contribution >= 0.6 is 0 Å². The molecule has 0 saturated heterocycles. The number of benzene rings is 2. The topological polar surface area (TPSA) is 75.4 Å². The fourth-order valence-corrected chi connectivity index (χ4v) is 2.33. The third-order valence-electron chi connectivity index (χ3n) is 3.42. The van der Waals surface area contributed by atoms with Crippen LogP contribution in [0.25, 0.3) is 22.7 Å². The zero-order chi connectivity index (χ0) is 17.1. The van der Waals surface area contributed by atoms with Crippen LogP contribution in [0, 0.1) is 5.82 Å². The van der Waals surface area contributed by atoms with E-state index in [0.717, 1.165) is 0 Å². The van der Waals surface area contributed by atoms with Gasteiger partial charge in [0.15, 0.2) is 17.1 Å². The number of aliphatic carboxylic acids is 1. The minimum Gasteiger partial charge on any atom is -0.550 e. The number of carboxylic acids is 1. The number of hydrogen-bond acceptors (Lipinski definition) is 5. The van der Waals surface area contributed by atoms with Crippen molar-refractivity contribution in [2.45, 2.75) is 6.42 Å². The van der Waals surface area contributed by atoms with E-state index in [1.54, 1.807) is 30.3 Å². The Morgan fingerprint density at radius 3 is 2.79 bits per heavy atom. The zero-order valence-electron chi connectivity index (χ0n) is 12.8. The Labute approximate surface area is 137 Å². The number of oxazole rings is 1. The lowest BCUT2D eigenvalue weighted by Gasteiger charge is -2.06. The van der Waals surface area contributed by atoms with Gasteiger partial charge in [-0.1, -0.05) is 18.2 Å². The van der Waals surface area contributed by atoms with Crippen LogP contribution in [0.2, 0.25) is 0 Å². The number of carboxylic acid groups (broad SMARTS) is 1. The van der Waals surface area contributed by atoms with E-state index >= 15 is 0 Å². The summed E-state index contributed by atoms with van der Waals surface area (Å²) in [6.07, 6.45) is 1.10. The van der Waals surface area contributed by atoms with Gasteiger partial charge in [0.1, 0.15) is 5.52 Å². The molecule has 0 atom stereocenters. The minimum absolute atomic E-state index is 0.107. The number of hydrogen-bond donors (Lipinski definition) is 0. The molecule has 2 aromatic carbocycles. The van der Waals surface area contributed by atoms with E-state index < -0.39 is 18.2 Å². The summed E-state index contributed by atoms with van der Waals surface area (Å²) in [5.41, 5.74) is 1.90. The van der Waals surface area contributed by atoms with Gasteiger partial charge >= 0.3 is 0 Å². The summed E-state index contributed by atoms with van der Waals surface area (Å²) in [7, 11) is 1.37. The third kappa shape index (κ3) is 3.27. The maximum Gasteiger partial charge on any atom is 0.223 e. The van der Waals surface area contributed by atoms with Crippen LogP contribution in [0.3, 0.4) is 0 Å². The van der Waals surface area contributed by atoms with Crippen molar-refractivity contribution in [3.8, 4) is 5.75 Å². The summed E-state index contributed by atoms with van der Waals surface area (Å²) in [4.78, 5) is 15.3. The highest BCUT2D eigenvalue weighted by atomic mass is 19.1. The van der Waals surface area contributed by atoms with Gasteiger partial charge in [0.2, 0.25) is 5.89 Å². The molecule has 3 aromatic rings. The van der Waals surface area contributed by atoms with Crippen molar-refractivity contribution in [1.82, 2.24) is 4.98 Å². The van der Waals surface area contributed by atoms with Crippen molar-refractivity contribution in [1.29, 1.82) is 0 Å². The van der Waals surface area contributed by atoms with Gasteiger partial charge in [-0.25, -0.2) is 9.37 Å². The van der Waals surface area contributed by atoms with Crippen LogP contribution in [-0.4, -0.2) is 18.1 Å². The molecule has 0 aliphatic heterocycles. The fourth-order valence-electron chi connectivity index (χ4n) is 2.33. The normalized spacial score (nSPS) is 11.7. The molecule has 3 rings (SSSR count). The molecule has 6 heteroatoms. The summed E-state index contributed by atoms with van der Waals surface area (Å²) in [6, 6.07) is 11.4. The summed E-state index contributed by atoms with van der Waals surface area (Å²) in [6.45, 7) is 0. The Bertz CT molecular complexity index is 897. The fraction of sp³-hybridized carbons (Fsp3) is 0.111. The zero-order valence-corrected chi connectivity index (χ0v) is 12.8. The smallest absolute Gasteiger partial charge is 0.223 e. The lowest BCUT2D eigenvalue weighted by molar-refractivity contribution is -0.304. The third-order valence-corrected chi connectivity index (χ3v) is 3.42. The monoisotopic (exact) mass is 326 g/mol. The summed E-state index contributed by atoms with van der Waals surface area (Å²) < 4.78 is 24.3.